The molecule has 1 heterocycles. The summed E-state index contributed by atoms with van der Waals surface area (Å²) >= 11 is 1.61. The second-order valence-electron chi connectivity index (χ2n) is 5.78. The largest absolute Gasteiger partial charge is 0.487 e. The number of ether oxygens (including phenoxy) is 1. The van der Waals surface area contributed by atoms with Crippen LogP contribution in [0.5, 0.6) is 5.75 Å². The van der Waals surface area contributed by atoms with E-state index in [2.05, 4.69) is 10.3 Å². The molecule has 0 saturated carbocycles. The van der Waals surface area contributed by atoms with Crippen molar-refractivity contribution in [3.05, 3.63) is 81.8 Å². The van der Waals surface area contributed by atoms with Crippen LogP contribution in [0.2, 0.25) is 0 Å². The Morgan fingerprint density at radius 2 is 1.88 bits per heavy atom. The van der Waals surface area contributed by atoms with Gasteiger partial charge < -0.3 is 10.1 Å². The maximum Gasteiger partial charge on any atom is 0.251 e. The van der Waals surface area contributed by atoms with Crippen LogP contribution in [0, 0.1) is 6.92 Å². The van der Waals surface area contributed by atoms with Gasteiger partial charge in [0, 0.05) is 10.9 Å². The van der Waals surface area contributed by atoms with Crippen LogP contribution < -0.4 is 10.1 Å². The molecule has 0 bridgehead atoms. The van der Waals surface area contributed by atoms with E-state index in [1.165, 1.54) is 0 Å². The van der Waals surface area contributed by atoms with Crippen molar-refractivity contribution in [1.29, 1.82) is 0 Å². The molecule has 0 fully saturated rings. The molecule has 1 N–H and O–H groups in total. The molecule has 25 heavy (non-hydrogen) atoms. The second kappa shape index (κ2) is 7.94. The number of hydrogen-bond donors (Lipinski definition) is 1. The lowest BCUT2D eigenvalue weighted by molar-refractivity contribution is 0.0940. The molecular formula is C20H20N2O2S. The molecule has 4 nitrogen and oxygen atoms in total. The number of amides is 1. The average molecular weight is 352 g/mol. The Morgan fingerprint density at radius 1 is 1.16 bits per heavy atom. The predicted octanol–water partition coefficient (Wildman–Crippen LogP) is 4.52. The maximum atomic E-state index is 12.4. The van der Waals surface area contributed by atoms with E-state index in [4.69, 9.17) is 4.74 Å². The molecule has 0 spiro atoms. The molecule has 1 amide bonds. The number of carbonyl (C=O) groups is 1. The molecule has 3 aromatic rings. The van der Waals surface area contributed by atoms with Crippen molar-refractivity contribution in [3.63, 3.8) is 0 Å². The normalized spacial score (nSPS) is 11.8. The summed E-state index contributed by atoms with van der Waals surface area (Å²) in [5.41, 5.74) is 2.61. The van der Waals surface area contributed by atoms with Crippen molar-refractivity contribution in [2.75, 3.05) is 0 Å². The molecule has 2 aromatic carbocycles. The van der Waals surface area contributed by atoms with Crippen LogP contribution in [0.3, 0.4) is 0 Å². The fourth-order valence-electron chi connectivity index (χ4n) is 2.44. The molecule has 3 rings (SSSR count). The minimum atomic E-state index is -0.0990. The molecule has 0 aliphatic heterocycles. The number of nitrogens with zero attached hydrogens (tertiary/aromatic N) is 1. The van der Waals surface area contributed by atoms with Crippen molar-refractivity contribution in [2.24, 2.45) is 0 Å². The molecule has 1 atom stereocenters. The molecule has 0 saturated heterocycles. The zero-order valence-corrected chi connectivity index (χ0v) is 15.0. The number of thiazole rings is 1. The average Bonchev–Trinajstić information content (AvgIpc) is 3.06. The third-order valence-corrected chi connectivity index (χ3v) is 4.64. The first-order valence-corrected chi connectivity index (χ1v) is 8.99. The van der Waals surface area contributed by atoms with Gasteiger partial charge in [-0.05, 0) is 43.7 Å². The van der Waals surface area contributed by atoms with E-state index in [1.54, 1.807) is 35.6 Å². The van der Waals surface area contributed by atoms with Crippen molar-refractivity contribution in [2.45, 2.75) is 26.5 Å². The van der Waals surface area contributed by atoms with Gasteiger partial charge in [0.2, 0.25) is 0 Å². The van der Waals surface area contributed by atoms with E-state index in [0.29, 0.717) is 12.2 Å². The lowest BCUT2D eigenvalue weighted by Gasteiger charge is -2.14. The molecule has 0 aliphatic carbocycles. The Labute approximate surface area is 151 Å². The summed E-state index contributed by atoms with van der Waals surface area (Å²) < 4.78 is 5.70. The van der Waals surface area contributed by atoms with Gasteiger partial charge in [-0.25, -0.2) is 4.98 Å². The van der Waals surface area contributed by atoms with Crippen molar-refractivity contribution in [3.8, 4) is 5.75 Å². The predicted molar refractivity (Wildman–Crippen MR) is 99.9 cm³/mol. The van der Waals surface area contributed by atoms with Crippen LogP contribution in [0.1, 0.15) is 39.6 Å². The summed E-state index contributed by atoms with van der Waals surface area (Å²) in [7, 11) is 0. The van der Waals surface area contributed by atoms with Crippen molar-refractivity contribution in [1.82, 2.24) is 10.3 Å². The number of aryl methyl sites for hydroxylation is 1. The molecule has 0 aliphatic rings. The lowest BCUT2D eigenvalue weighted by Crippen LogP contribution is -2.26. The molecular weight excluding hydrogens is 332 g/mol. The summed E-state index contributed by atoms with van der Waals surface area (Å²) in [5.74, 6) is 0.622. The molecule has 128 valence electrons. The SMILES string of the molecule is Cc1nc(COc2ccc(C(=O)N[C@@H](C)c3ccccc3)cc2)cs1. The van der Waals surface area contributed by atoms with Crippen LogP contribution in [0.25, 0.3) is 0 Å². The fourth-order valence-corrected chi connectivity index (χ4v) is 3.04. The van der Waals surface area contributed by atoms with E-state index < -0.39 is 0 Å². The van der Waals surface area contributed by atoms with Gasteiger partial charge in [-0.2, -0.15) is 0 Å². The highest BCUT2D eigenvalue weighted by molar-refractivity contribution is 7.09. The molecule has 0 unspecified atom stereocenters. The minimum absolute atomic E-state index is 0.0440. The van der Waals surface area contributed by atoms with E-state index in [-0.39, 0.29) is 11.9 Å². The summed E-state index contributed by atoms with van der Waals surface area (Å²) in [6.07, 6.45) is 0. The number of benzene rings is 2. The summed E-state index contributed by atoms with van der Waals surface area (Å²) in [5, 5.41) is 6.02. The fraction of sp³-hybridized carbons (Fsp3) is 0.200. The molecule has 5 heteroatoms. The highest BCUT2D eigenvalue weighted by Crippen LogP contribution is 2.17. The van der Waals surface area contributed by atoms with Gasteiger partial charge in [-0.3, -0.25) is 4.79 Å². The zero-order chi connectivity index (χ0) is 17.6. The third-order valence-electron chi connectivity index (χ3n) is 3.82. The molecule has 0 radical (unpaired) electrons. The van der Waals surface area contributed by atoms with Gasteiger partial charge in [0.1, 0.15) is 12.4 Å². The molecule has 1 aromatic heterocycles. The Bertz CT molecular complexity index is 828. The highest BCUT2D eigenvalue weighted by atomic mass is 32.1. The Balaban J connectivity index is 1.57. The van der Waals surface area contributed by atoms with Gasteiger partial charge in [0.25, 0.3) is 5.91 Å². The number of aromatic nitrogens is 1. The van der Waals surface area contributed by atoms with Crippen LogP contribution in [-0.4, -0.2) is 10.9 Å². The van der Waals surface area contributed by atoms with Crippen LogP contribution in [0.4, 0.5) is 0 Å². The lowest BCUT2D eigenvalue weighted by atomic mass is 10.1. The first-order chi connectivity index (χ1) is 12.1. The van der Waals surface area contributed by atoms with Gasteiger partial charge in [-0.1, -0.05) is 30.3 Å². The summed E-state index contributed by atoms with van der Waals surface area (Å²) in [4.78, 5) is 16.7. The first-order valence-electron chi connectivity index (χ1n) is 8.11. The van der Waals surface area contributed by atoms with Crippen molar-refractivity contribution < 1.29 is 9.53 Å². The monoisotopic (exact) mass is 352 g/mol. The summed E-state index contributed by atoms with van der Waals surface area (Å²) in [6, 6.07) is 17.0. The van der Waals surface area contributed by atoms with Gasteiger partial charge >= 0.3 is 0 Å². The van der Waals surface area contributed by atoms with Crippen LogP contribution in [-0.2, 0) is 6.61 Å². The van der Waals surface area contributed by atoms with Crippen molar-refractivity contribution >= 4 is 17.2 Å². The van der Waals surface area contributed by atoms with E-state index in [0.717, 1.165) is 22.0 Å². The smallest absolute Gasteiger partial charge is 0.251 e. The van der Waals surface area contributed by atoms with E-state index in [9.17, 15) is 4.79 Å². The Kier molecular flexibility index (Phi) is 5.46. The number of hydrogen-bond acceptors (Lipinski definition) is 4. The zero-order valence-electron chi connectivity index (χ0n) is 14.2. The number of nitrogens with one attached hydrogen (secondary N) is 1. The van der Waals surface area contributed by atoms with E-state index in [1.807, 2.05) is 49.6 Å². The minimum Gasteiger partial charge on any atom is -0.487 e. The van der Waals surface area contributed by atoms with Crippen LogP contribution >= 0.6 is 11.3 Å². The van der Waals surface area contributed by atoms with Crippen LogP contribution in [0.15, 0.2) is 60.0 Å². The number of rotatable bonds is 6. The quantitative estimate of drug-likeness (QED) is 0.709. The Hall–Kier alpha value is -2.66. The standard InChI is InChI=1S/C20H20N2O2S/c1-14(16-6-4-3-5-7-16)21-20(23)17-8-10-19(11-9-17)24-12-18-13-25-15(2)22-18/h3-11,13-14H,12H2,1-2H3,(H,21,23)/t14-/m0/s1. The third kappa shape index (κ3) is 4.67. The van der Waals surface area contributed by atoms with Gasteiger partial charge in [-0.15, -0.1) is 11.3 Å². The highest BCUT2D eigenvalue weighted by Gasteiger charge is 2.11. The van der Waals surface area contributed by atoms with Gasteiger partial charge in [0.15, 0.2) is 0 Å². The number of carbonyl (C=O) groups excluding carboxylic acids is 1. The topological polar surface area (TPSA) is 51.2 Å². The Morgan fingerprint density at radius 3 is 2.52 bits per heavy atom. The van der Waals surface area contributed by atoms with Gasteiger partial charge in [0.05, 0.1) is 16.7 Å². The second-order valence-corrected chi connectivity index (χ2v) is 6.84. The first kappa shape index (κ1) is 17.2. The maximum absolute atomic E-state index is 12.4. The van der Waals surface area contributed by atoms with E-state index >= 15 is 0 Å². The summed E-state index contributed by atoms with van der Waals surface area (Å²) in [6.45, 7) is 4.37.